The molecule has 2 atom stereocenters. The van der Waals surface area contributed by atoms with Crippen LogP contribution in [0.3, 0.4) is 0 Å². The minimum atomic E-state index is 0.235. The van der Waals surface area contributed by atoms with Crippen molar-refractivity contribution in [1.29, 1.82) is 0 Å². The van der Waals surface area contributed by atoms with Crippen LogP contribution < -0.4 is 0 Å². The molecule has 0 aliphatic rings. The van der Waals surface area contributed by atoms with Crippen molar-refractivity contribution < 1.29 is 0 Å². The maximum absolute atomic E-state index is 2.44. The van der Waals surface area contributed by atoms with Crippen LogP contribution in [0.1, 0.15) is 35.5 Å². The predicted molar refractivity (Wildman–Crippen MR) is 257 cm³/mol. The normalized spacial score (nSPS) is 12.7. The molecule has 278 valence electrons. The fourth-order valence-corrected chi connectivity index (χ4v) is 11.3. The molecular weight excluding hydrogens is 737 g/mol. The van der Waals surface area contributed by atoms with Gasteiger partial charge < -0.3 is 0 Å². The van der Waals surface area contributed by atoms with Gasteiger partial charge in [-0.15, -0.1) is 0 Å². The van der Waals surface area contributed by atoms with E-state index in [-0.39, 0.29) is 10.5 Å². The maximum atomic E-state index is 2.44. The molecule has 10 rings (SSSR count). The van der Waals surface area contributed by atoms with Crippen molar-refractivity contribution in [3.8, 4) is 44.5 Å². The van der Waals surface area contributed by atoms with Gasteiger partial charge in [0, 0.05) is 10.5 Å². The fraction of sp³-hybridized carbons (Fsp3) is 0.0714. The van der Waals surface area contributed by atoms with E-state index in [1.54, 1.807) is 0 Å². The van der Waals surface area contributed by atoms with Crippen molar-refractivity contribution in [2.24, 2.45) is 0 Å². The lowest BCUT2D eigenvalue weighted by molar-refractivity contribution is 1.10. The summed E-state index contributed by atoms with van der Waals surface area (Å²) in [6.07, 6.45) is 0. The Kier molecular flexibility index (Phi) is 9.83. The van der Waals surface area contributed by atoms with Crippen LogP contribution >= 0.6 is 21.6 Å². The summed E-state index contributed by atoms with van der Waals surface area (Å²) < 4.78 is 0. The van der Waals surface area contributed by atoms with Crippen LogP contribution in [-0.4, -0.2) is 0 Å². The minimum Gasteiger partial charge on any atom is -0.0856 e. The Hall–Kier alpha value is -6.06. The zero-order valence-corrected chi connectivity index (χ0v) is 34.2. The topological polar surface area (TPSA) is 0 Å². The highest BCUT2D eigenvalue weighted by Gasteiger charge is 2.21. The molecule has 0 saturated heterocycles. The highest BCUT2D eigenvalue weighted by molar-refractivity contribution is 8.76. The van der Waals surface area contributed by atoms with E-state index in [1.165, 1.54) is 98.7 Å². The van der Waals surface area contributed by atoms with E-state index in [2.05, 4.69) is 220 Å². The first-order chi connectivity index (χ1) is 28.6. The highest BCUT2D eigenvalue weighted by atomic mass is 33.1. The Morgan fingerprint density at radius 3 is 0.931 bits per heavy atom. The predicted octanol–water partition coefficient (Wildman–Crippen LogP) is 17.2. The van der Waals surface area contributed by atoms with Gasteiger partial charge in [0.2, 0.25) is 0 Å². The SMILES string of the molecule is C[C@@H](SS[C@H](C)c1ccc(-c2cccc3ccccc23)cc1-c1cccc2ccccc12)c1ccc(-c2cccc3ccccc23)cc1-c1cccc2ccccc12. The first-order valence-electron chi connectivity index (χ1n) is 20.1. The van der Waals surface area contributed by atoms with E-state index in [9.17, 15) is 0 Å². The summed E-state index contributed by atoms with van der Waals surface area (Å²) in [6, 6.07) is 76.1. The largest absolute Gasteiger partial charge is 0.0856 e. The lowest BCUT2D eigenvalue weighted by Crippen LogP contribution is -1.97. The third kappa shape index (κ3) is 6.77. The molecule has 58 heavy (non-hydrogen) atoms. The van der Waals surface area contributed by atoms with Crippen LogP contribution in [0.15, 0.2) is 206 Å². The monoisotopic (exact) mass is 778 g/mol. The number of benzene rings is 10. The van der Waals surface area contributed by atoms with Gasteiger partial charge in [0.15, 0.2) is 0 Å². The van der Waals surface area contributed by atoms with Crippen molar-refractivity contribution in [2.75, 3.05) is 0 Å². The molecule has 0 fully saturated rings. The average molecular weight is 779 g/mol. The van der Waals surface area contributed by atoms with Gasteiger partial charge >= 0.3 is 0 Å². The first kappa shape index (κ1) is 36.3. The molecular formula is C56H42S2. The van der Waals surface area contributed by atoms with Crippen LogP contribution in [0.2, 0.25) is 0 Å². The van der Waals surface area contributed by atoms with Gasteiger partial charge in [0.1, 0.15) is 0 Å². The molecule has 0 aliphatic heterocycles. The molecule has 0 aromatic heterocycles. The lowest BCUT2D eigenvalue weighted by Gasteiger charge is -2.22. The van der Waals surface area contributed by atoms with Gasteiger partial charge in [0.05, 0.1) is 0 Å². The highest BCUT2D eigenvalue weighted by Crippen LogP contribution is 2.51. The van der Waals surface area contributed by atoms with Crippen LogP contribution in [0.25, 0.3) is 87.6 Å². The number of hydrogen-bond donors (Lipinski definition) is 0. The van der Waals surface area contributed by atoms with Gasteiger partial charge in [0.25, 0.3) is 0 Å². The van der Waals surface area contributed by atoms with Crippen LogP contribution in [-0.2, 0) is 0 Å². The molecule has 0 aliphatic carbocycles. The molecule has 0 heterocycles. The average Bonchev–Trinajstić information content (AvgIpc) is 3.29. The van der Waals surface area contributed by atoms with Crippen LogP contribution in [0, 0.1) is 0 Å². The molecule has 0 bridgehead atoms. The standard InChI is InChI=1S/C56H42S2/c1-37(45-33-31-43(51-27-11-19-39-15-3-7-23-47(39)51)35-55(45)53-29-13-21-41-17-5-9-25-49(41)53)57-58-38(2)46-34-32-44(52-28-12-20-40-16-4-8-24-48(40)52)36-56(46)54-30-14-22-42-18-6-10-26-50(42)54/h3-38H,1-2H3/t37-,38-/m1/s1. The summed E-state index contributed by atoms with van der Waals surface area (Å²) in [7, 11) is 3.96. The molecule has 0 nitrogen and oxygen atoms in total. The zero-order valence-electron chi connectivity index (χ0n) is 32.6. The molecule has 0 radical (unpaired) electrons. The van der Waals surface area contributed by atoms with E-state index < -0.39 is 0 Å². The quantitative estimate of drug-likeness (QED) is 0.134. The molecule has 0 unspecified atom stereocenters. The van der Waals surface area contributed by atoms with E-state index in [4.69, 9.17) is 0 Å². The second-order valence-electron chi connectivity index (χ2n) is 15.2. The molecule has 2 heteroatoms. The molecule has 0 amide bonds. The Labute approximate surface area is 349 Å². The van der Waals surface area contributed by atoms with Crippen molar-refractivity contribution in [3.63, 3.8) is 0 Å². The van der Waals surface area contributed by atoms with E-state index >= 15 is 0 Å². The third-order valence-corrected chi connectivity index (χ3v) is 14.9. The summed E-state index contributed by atoms with van der Waals surface area (Å²) in [5.74, 6) is 0. The molecule has 10 aromatic rings. The number of rotatable bonds is 9. The van der Waals surface area contributed by atoms with E-state index in [1.807, 2.05) is 21.6 Å². The summed E-state index contributed by atoms with van der Waals surface area (Å²) in [5.41, 5.74) is 12.9. The lowest BCUT2D eigenvalue weighted by atomic mass is 9.89. The first-order valence-corrected chi connectivity index (χ1v) is 22.4. The Morgan fingerprint density at radius 1 is 0.276 bits per heavy atom. The second-order valence-corrected chi connectivity index (χ2v) is 18.1. The fourth-order valence-electron chi connectivity index (χ4n) is 8.77. The second kappa shape index (κ2) is 15.7. The summed E-state index contributed by atoms with van der Waals surface area (Å²) >= 11 is 0. The number of fused-ring (bicyclic) bond motifs is 4. The molecule has 10 aromatic carbocycles. The van der Waals surface area contributed by atoms with Crippen LogP contribution in [0.5, 0.6) is 0 Å². The third-order valence-electron chi connectivity index (χ3n) is 11.7. The van der Waals surface area contributed by atoms with Crippen molar-refractivity contribution >= 4 is 64.7 Å². The summed E-state index contributed by atoms with van der Waals surface area (Å²) in [5, 5.41) is 10.6. The van der Waals surface area contributed by atoms with Gasteiger partial charge in [-0.25, -0.2) is 0 Å². The summed E-state index contributed by atoms with van der Waals surface area (Å²) in [6.45, 7) is 4.75. The van der Waals surface area contributed by atoms with E-state index in [0.717, 1.165) is 0 Å². The molecule has 0 N–H and O–H groups in total. The minimum absolute atomic E-state index is 0.235. The van der Waals surface area contributed by atoms with Crippen molar-refractivity contribution in [1.82, 2.24) is 0 Å². The van der Waals surface area contributed by atoms with Gasteiger partial charge in [-0.2, -0.15) is 0 Å². The Bertz CT molecular complexity index is 2890. The van der Waals surface area contributed by atoms with Crippen molar-refractivity contribution in [3.05, 3.63) is 217 Å². The smallest absolute Gasteiger partial charge is 0.0379 e. The van der Waals surface area contributed by atoms with E-state index in [0.29, 0.717) is 0 Å². The van der Waals surface area contributed by atoms with Gasteiger partial charge in [-0.3, -0.25) is 0 Å². The Balaban J connectivity index is 1.04. The number of hydrogen-bond acceptors (Lipinski definition) is 2. The maximum Gasteiger partial charge on any atom is 0.0379 e. The Morgan fingerprint density at radius 2 is 0.569 bits per heavy atom. The van der Waals surface area contributed by atoms with Crippen LogP contribution in [0.4, 0.5) is 0 Å². The van der Waals surface area contributed by atoms with Crippen molar-refractivity contribution in [2.45, 2.75) is 24.3 Å². The molecule has 0 saturated carbocycles. The van der Waals surface area contributed by atoms with Gasteiger partial charge in [-0.1, -0.05) is 216 Å². The van der Waals surface area contributed by atoms with Gasteiger partial charge in [-0.05, 0) is 125 Å². The zero-order chi connectivity index (χ0) is 39.0. The molecule has 0 spiro atoms. The summed E-state index contributed by atoms with van der Waals surface area (Å²) in [4.78, 5) is 0.